The Balaban J connectivity index is 1.31. The van der Waals surface area contributed by atoms with Crippen LogP contribution in [0.1, 0.15) is 63.4 Å². The van der Waals surface area contributed by atoms with Gasteiger partial charge >= 0.3 is 0 Å². The topological polar surface area (TPSA) is 78.4 Å². The summed E-state index contributed by atoms with van der Waals surface area (Å²) in [4.78, 5) is 12.6. The smallest absolute Gasteiger partial charge is 0.243 e. The minimum atomic E-state index is -3.49. The van der Waals surface area contributed by atoms with Crippen molar-refractivity contribution in [3.8, 4) is 0 Å². The summed E-state index contributed by atoms with van der Waals surface area (Å²) < 4.78 is 28.0. The lowest BCUT2D eigenvalue weighted by Gasteiger charge is -2.37. The van der Waals surface area contributed by atoms with E-state index in [-0.39, 0.29) is 6.04 Å². The van der Waals surface area contributed by atoms with E-state index in [2.05, 4.69) is 30.1 Å². The number of nitrogens with zero attached hydrogens (tertiary/aromatic N) is 4. The number of sulfonamides is 1. The van der Waals surface area contributed by atoms with Gasteiger partial charge in [-0.15, -0.1) is 0 Å². The second kappa shape index (κ2) is 10.8. The molecule has 3 aromatic rings. The van der Waals surface area contributed by atoms with Crippen LogP contribution in [0.15, 0.2) is 53.4 Å². The van der Waals surface area contributed by atoms with Crippen LogP contribution >= 0.6 is 0 Å². The van der Waals surface area contributed by atoms with E-state index in [4.69, 9.17) is 9.97 Å². The molecule has 1 saturated heterocycles. The maximum absolute atomic E-state index is 13.2. The Morgan fingerprint density at radius 3 is 2.33 bits per heavy atom. The van der Waals surface area contributed by atoms with Crippen molar-refractivity contribution in [2.45, 2.75) is 69.4 Å². The number of aryl methyl sites for hydroxylation is 1. The van der Waals surface area contributed by atoms with Gasteiger partial charge in [0.2, 0.25) is 10.0 Å². The van der Waals surface area contributed by atoms with E-state index >= 15 is 0 Å². The maximum atomic E-state index is 13.2. The molecule has 7 nitrogen and oxygen atoms in total. The van der Waals surface area contributed by atoms with Crippen molar-refractivity contribution >= 4 is 26.7 Å². The van der Waals surface area contributed by atoms with Gasteiger partial charge in [-0.3, -0.25) is 4.90 Å². The van der Waals surface area contributed by atoms with Crippen LogP contribution < -0.4 is 5.32 Å². The number of nitrogens with one attached hydrogen (secondary N) is 1. The van der Waals surface area contributed by atoms with Gasteiger partial charge in [0.1, 0.15) is 11.6 Å². The zero-order valence-corrected chi connectivity index (χ0v) is 22.2. The van der Waals surface area contributed by atoms with E-state index < -0.39 is 10.0 Å². The normalized spacial score (nSPS) is 19.4. The lowest BCUT2D eigenvalue weighted by Crippen LogP contribution is -2.49. The van der Waals surface area contributed by atoms with Crippen LogP contribution in [0, 0.1) is 0 Å². The van der Waals surface area contributed by atoms with Gasteiger partial charge < -0.3 is 5.32 Å². The minimum absolute atomic E-state index is 0.00444. The van der Waals surface area contributed by atoms with Gasteiger partial charge in [0.15, 0.2) is 0 Å². The molecule has 1 atom stereocenters. The summed E-state index contributed by atoms with van der Waals surface area (Å²) in [5.41, 5.74) is 2.09. The summed E-state index contributed by atoms with van der Waals surface area (Å²) in [5.74, 6) is 1.71. The SMILES string of the molecule is CCc1ccc(S(=O)(=O)N2CCN(C(C)c3nc(NC4CCCCC4)c4ccccc4n3)CC2)cc1. The quantitative estimate of drug-likeness (QED) is 0.485. The third-order valence-corrected chi connectivity index (χ3v) is 9.64. The molecule has 192 valence electrons. The Kier molecular flexibility index (Phi) is 7.55. The van der Waals surface area contributed by atoms with E-state index in [1.807, 2.05) is 30.3 Å². The summed E-state index contributed by atoms with van der Waals surface area (Å²) in [6.45, 7) is 6.41. The Morgan fingerprint density at radius 1 is 0.944 bits per heavy atom. The Bertz CT molecular complexity index is 1280. The second-order valence-corrected chi connectivity index (χ2v) is 12.0. The molecule has 0 spiro atoms. The minimum Gasteiger partial charge on any atom is -0.367 e. The monoisotopic (exact) mass is 507 g/mol. The van der Waals surface area contributed by atoms with E-state index in [1.165, 1.54) is 32.1 Å². The van der Waals surface area contributed by atoms with Gasteiger partial charge in [-0.05, 0) is 56.0 Å². The van der Waals surface area contributed by atoms with E-state index in [0.29, 0.717) is 37.1 Å². The molecule has 0 bridgehead atoms. The van der Waals surface area contributed by atoms with Crippen molar-refractivity contribution in [1.29, 1.82) is 0 Å². The highest BCUT2D eigenvalue weighted by molar-refractivity contribution is 7.89. The molecule has 1 aliphatic heterocycles. The number of hydrogen-bond acceptors (Lipinski definition) is 6. The molecule has 2 aliphatic rings. The van der Waals surface area contributed by atoms with Crippen LogP contribution in [0.5, 0.6) is 0 Å². The Hall–Kier alpha value is -2.55. The molecule has 2 heterocycles. The third-order valence-electron chi connectivity index (χ3n) is 7.73. The lowest BCUT2D eigenvalue weighted by molar-refractivity contribution is 0.141. The van der Waals surface area contributed by atoms with Gasteiger partial charge in [-0.2, -0.15) is 4.31 Å². The third kappa shape index (κ3) is 5.26. The largest absolute Gasteiger partial charge is 0.367 e. The van der Waals surface area contributed by atoms with E-state index in [1.54, 1.807) is 16.4 Å². The number of aromatic nitrogens is 2. The highest BCUT2D eigenvalue weighted by Gasteiger charge is 2.31. The van der Waals surface area contributed by atoms with Gasteiger partial charge in [-0.1, -0.05) is 50.5 Å². The van der Waals surface area contributed by atoms with Crippen molar-refractivity contribution in [3.63, 3.8) is 0 Å². The standard InChI is InChI=1S/C28H37N5O2S/c1-3-22-13-15-24(16-14-22)36(34,35)33-19-17-32(18-20-33)21(2)27-30-26-12-8-7-11-25(26)28(31-27)29-23-9-5-4-6-10-23/h7-8,11-16,21,23H,3-6,9-10,17-20H2,1-2H3,(H,29,30,31). The first-order valence-corrected chi connectivity index (χ1v) is 14.8. The fourth-order valence-electron chi connectivity index (χ4n) is 5.37. The van der Waals surface area contributed by atoms with Gasteiger partial charge in [0.05, 0.1) is 16.5 Å². The molecule has 1 unspecified atom stereocenters. The van der Waals surface area contributed by atoms with Crippen LogP contribution in [0.2, 0.25) is 0 Å². The first-order valence-electron chi connectivity index (χ1n) is 13.3. The van der Waals surface area contributed by atoms with Crippen molar-refractivity contribution < 1.29 is 8.42 Å². The molecule has 36 heavy (non-hydrogen) atoms. The van der Waals surface area contributed by atoms with Crippen LogP contribution in [0.3, 0.4) is 0 Å². The molecule has 5 rings (SSSR count). The zero-order valence-electron chi connectivity index (χ0n) is 21.4. The molecule has 2 fully saturated rings. The molecular weight excluding hydrogens is 470 g/mol. The molecule has 8 heteroatoms. The summed E-state index contributed by atoms with van der Waals surface area (Å²) in [6.07, 6.45) is 7.10. The average molecular weight is 508 g/mol. The van der Waals surface area contributed by atoms with Crippen molar-refractivity contribution in [2.24, 2.45) is 0 Å². The number of anilines is 1. The van der Waals surface area contributed by atoms with Gasteiger partial charge in [0, 0.05) is 37.6 Å². The van der Waals surface area contributed by atoms with Gasteiger partial charge in [-0.25, -0.2) is 18.4 Å². The molecule has 2 aromatic carbocycles. The van der Waals surface area contributed by atoms with Crippen molar-refractivity contribution in [3.05, 3.63) is 59.9 Å². The number of para-hydroxylation sites is 1. The second-order valence-electron chi connectivity index (χ2n) is 10.0. The van der Waals surface area contributed by atoms with Crippen LogP contribution in [0.4, 0.5) is 5.82 Å². The lowest BCUT2D eigenvalue weighted by atomic mass is 9.95. The first-order chi connectivity index (χ1) is 17.5. The fourth-order valence-corrected chi connectivity index (χ4v) is 6.79. The fraction of sp³-hybridized carbons (Fsp3) is 0.500. The predicted octanol–water partition coefficient (Wildman–Crippen LogP) is 5.00. The number of piperazine rings is 1. The van der Waals surface area contributed by atoms with Gasteiger partial charge in [0.25, 0.3) is 0 Å². The number of fused-ring (bicyclic) bond motifs is 1. The molecule has 1 aromatic heterocycles. The van der Waals surface area contributed by atoms with Crippen LogP contribution in [-0.4, -0.2) is 59.8 Å². The Labute approximate surface area is 215 Å². The maximum Gasteiger partial charge on any atom is 0.243 e. The molecule has 0 radical (unpaired) electrons. The summed E-state index contributed by atoms with van der Waals surface area (Å²) in [7, 11) is -3.49. The predicted molar refractivity (Wildman–Crippen MR) is 145 cm³/mol. The number of hydrogen-bond donors (Lipinski definition) is 1. The van der Waals surface area contributed by atoms with Crippen molar-refractivity contribution in [1.82, 2.24) is 19.2 Å². The highest BCUT2D eigenvalue weighted by atomic mass is 32.2. The number of rotatable bonds is 7. The highest BCUT2D eigenvalue weighted by Crippen LogP contribution is 2.29. The summed E-state index contributed by atoms with van der Waals surface area (Å²) in [5, 5.41) is 4.78. The molecular formula is C28H37N5O2S. The number of benzene rings is 2. The van der Waals surface area contributed by atoms with Crippen LogP contribution in [-0.2, 0) is 16.4 Å². The molecule has 1 aliphatic carbocycles. The molecule has 1 N–H and O–H groups in total. The average Bonchev–Trinajstić information content (AvgIpc) is 2.93. The first kappa shape index (κ1) is 25.1. The Morgan fingerprint density at radius 2 is 1.64 bits per heavy atom. The molecule has 1 saturated carbocycles. The molecule has 0 amide bonds. The zero-order chi connectivity index (χ0) is 25.1. The summed E-state index contributed by atoms with van der Waals surface area (Å²) in [6, 6.07) is 15.9. The van der Waals surface area contributed by atoms with E-state index in [0.717, 1.165) is 34.5 Å². The summed E-state index contributed by atoms with van der Waals surface area (Å²) >= 11 is 0. The van der Waals surface area contributed by atoms with Crippen LogP contribution in [0.25, 0.3) is 10.9 Å². The van der Waals surface area contributed by atoms with Crippen molar-refractivity contribution in [2.75, 3.05) is 31.5 Å². The van der Waals surface area contributed by atoms with E-state index in [9.17, 15) is 8.42 Å².